The van der Waals surface area contributed by atoms with Gasteiger partial charge in [-0.3, -0.25) is 14.5 Å². The monoisotopic (exact) mass is 477 g/mol. The Labute approximate surface area is 190 Å². The standard InChI is InChI=1S/C21H20ClN3O4S2/c1-3-12-25-20(27)18(13-19(26)23-17-7-5-4-6-14(17)2)30-21(25)24-31(28,29)16-10-8-15(22)9-11-16/h3-11,18H,1,12-13H2,2H3,(H,23,26)/t18-/m1/s1. The number of amides is 2. The van der Waals surface area contributed by atoms with Crippen LogP contribution in [0.1, 0.15) is 12.0 Å². The number of anilines is 1. The summed E-state index contributed by atoms with van der Waals surface area (Å²) in [5, 5.41) is 2.40. The number of carbonyl (C=O) groups excluding carboxylic acids is 2. The summed E-state index contributed by atoms with van der Waals surface area (Å²) in [5.74, 6) is -0.740. The Balaban J connectivity index is 1.80. The zero-order valence-electron chi connectivity index (χ0n) is 16.6. The molecular weight excluding hydrogens is 458 g/mol. The minimum Gasteiger partial charge on any atom is -0.326 e. The molecule has 1 atom stereocenters. The number of sulfonamides is 1. The second-order valence-electron chi connectivity index (χ2n) is 6.71. The molecule has 2 amide bonds. The van der Waals surface area contributed by atoms with Crippen LogP contribution in [0.4, 0.5) is 5.69 Å². The van der Waals surface area contributed by atoms with Crippen LogP contribution in [0.3, 0.4) is 0 Å². The molecule has 1 fully saturated rings. The minimum absolute atomic E-state index is 0.00791. The number of aryl methyl sites for hydroxylation is 1. The molecule has 0 aliphatic carbocycles. The zero-order valence-corrected chi connectivity index (χ0v) is 19.0. The van der Waals surface area contributed by atoms with Gasteiger partial charge in [0.25, 0.3) is 10.0 Å². The molecular formula is C21H20ClN3O4S2. The molecule has 2 aromatic rings. The van der Waals surface area contributed by atoms with E-state index in [9.17, 15) is 18.0 Å². The molecule has 1 saturated heterocycles. The Bertz CT molecular complexity index is 1150. The van der Waals surface area contributed by atoms with Gasteiger partial charge in [0.05, 0.1) is 4.90 Å². The lowest BCUT2D eigenvalue weighted by Gasteiger charge is -2.14. The van der Waals surface area contributed by atoms with Gasteiger partial charge in [0.15, 0.2) is 5.17 Å². The summed E-state index contributed by atoms with van der Waals surface area (Å²) >= 11 is 6.76. The van der Waals surface area contributed by atoms with Crippen molar-refractivity contribution in [3.63, 3.8) is 0 Å². The third-order valence-corrected chi connectivity index (χ3v) is 7.26. The van der Waals surface area contributed by atoms with Crippen LogP contribution in [-0.4, -0.2) is 42.1 Å². The molecule has 7 nitrogen and oxygen atoms in total. The van der Waals surface area contributed by atoms with E-state index in [1.54, 1.807) is 12.1 Å². The number of amidine groups is 1. The van der Waals surface area contributed by atoms with Crippen molar-refractivity contribution in [2.75, 3.05) is 11.9 Å². The van der Waals surface area contributed by atoms with E-state index in [4.69, 9.17) is 11.6 Å². The average molecular weight is 478 g/mol. The highest BCUT2D eigenvalue weighted by atomic mass is 35.5. The first kappa shape index (κ1) is 23.1. The first-order valence-corrected chi connectivity index (χ1v) is 12.0. The molecule has 162 valence electrons. The van der Waals surface area contributed by atoms with Crippen molar-refractivity contribution in [3.8, 4) is 0 Å². The number of thioether (sulfide) groups is 1. The fraction of sp³-hybridized carbons (Fsp3) is 0.190. The third kappa shape index (κ3) is 5.55. The number of hydrogen-bond donors (Lipinski definition) is 1. The molecule has 0 aromatic heterocycles. The second kappa shape index (κ2) is 9.67. The summed E-state index contributed by atoms with van der Waals surface area (Å²) in [6.45, 7) is 5.55. The summed E-state index contributed by atoms with van der Waals surface area (Å²) in [6.07, 6.45) is 1.35. The van der Waals surface area contributed by atoms with E-state index in [0.717, 1.165) is 17.3 Å². The molecule has 0 spiro atoms. The molecule has 1 aliphatic heterocycles. The van der Waals surface area contributed by atoms with Crippen molar-refractivity contribution in [2.45, 2.75) is 23.5 Å². The molecule has 1 aliphatic rings. The van der Waals surface area contributed by atoms with Crippen molar-refractivity contribution >= 4 is 56.1 Å². The minimum atomic E-state index is -4.06. The SMILES string of the molecule is C=CCN1C(=O)[C@@H](CC(=O)Nc2ccccc2C)SC1=NS(=O)(=O)c1ccc(Cl)cc1. The quantitative estimate of drug-likeness (QED) is 0.611. The summed E-state index contributed by atoms with van der Waals surface area (Å²) in [7, 11) is -4.06. The fourth-order valence-electron chi connectivity index (χ4n) is 2.85. The Morgan fingerprint density at radius 1 is 1.26 bits per heavy atom. The van der Waals surface area contributed by atoms with Gasteiger partial charge in [0, 0.05) is 23.7 Å². The third-order valence-electron chi connectivity index (χ3n) is 4.43. The number of nitrogens with zero attached hydrogens (tertiary/aromatic N) is 2. The van der Waals surface area contributed by atoms with Crippen LogP contribution in [0.15, 0.2) is 70.5 Å². The molecule has 2 aromatic carbocycles. The predicted molar refractivity (Wildman–Crippen MR) is 124 cm³/mol. The maximum Gasteiger partial charge on any atom is 0.284 e. The van der Waals surface area contributed by atoms with E-state index in [1.807, 2.05) is 19.1 Å². The van der Waals surface area contributed by atoms with Crippen molar-refractivity contribution in [1.82, 2.24) is 4.90 Å². The Kier molecular flexibility index (Phi) is 7.19. The molecule has 1 N–H and O–H groups in total. The van der Waals surface area contributed by atoms with Crippen molar-refractivity contribution in [2.24, 2.45) is 4.40 Å². The second-order valence-corrected chi connectivity index (χ2v) is 9.92. The van der Waals surface area contributed by atoms with Crippen LogP contribution in [0.5, 0.6) is 0 Å². The van der Waals surface area contributed by atoms with Crippen LogP contribution >= 0.6 is 23.4 Å². The van der Waals surface area contributed by atoms with Crippen molar-refractivity contribution in [1.29, 1.82) is 0 Å². The summed E-state index contributed by atoms with van der Waals surface area (Å²) in [6, 6.07) is 12.9. The molecule has 0 unspecified atom stereocenters. The smallest absolute Gasteiger partial charge is 0.284 e. The highest BCUT2D eigenvalue weighted by Crippen LogP contribution is 2.31. The molecule has 3 rings (SSSR count). The van der Waals surface area contributed by atoms with Crippen molar-refractivity contribution < 1.29 is 18.0 Å². The van der Waals surface area contributed by atoms with Gasteiger partial charge >= 0.3 is 0 Å². The fourth-order valence-corrected chi connectivity index (χ4v) is 5.34. The number of halogens is 1. The van der Waals surface area contributed by atoms with Gasteiger partial charge in [-0.15, -0.1) is 11.0 Å². The van der Waals surface area contributed by atoms with Gasteiger partial charge in [-0.05, 0) is 42.8 Å². The molecule has 1 heterocycles. The summed E-state index contributed by atoms with van der Waals surface area (Å²) in [4.78, 5) is 26.5. The largest absolute Gasteiger partial charge is 0.326 e. The Morgan fingerprint density at radius 2 is 1.94 bits per heavy atom. The van der Waals surface area contributed by atoms with Crippen LogP contribution in [0.2, 0.25) is 5.02 Å². The van der Waals surface area contributed by atoms with Gasteiger partial charge in [-0.25, -0.2) is 0 Å². The van der Waals surface area contributed by atoms with Crippen molar-refractivity contribution in [3.05, 3.63) is 71.8 Å². The van der Waals surface area contributed by atoms with Crippen LogP contribution < -0.4 is 5.32 Å². The zero-order chi connectivity index (χ0) is 22.6. The Hall–Kier alpha value is -2.62. The van der Waals surface area contributed by atoms with Gasteiger partial charge < -0.3 is 5.32 Å². The normalized spacial score (nSPS) is 17.7. The van der Waals surface area contributed by atoms with Crippen LogP contribution in [0.25, 0.3) is 0 Å². The maximum absolute atomic E-state index is 12.8. The van der Waals surface area contributed by atoms with Gasteiger partial charge in [-0.1, -0.05) is 47.6 Å². The number of rotatable bonds is 7. The first-order valence-electron chi connectivity index (χ1n) is 9.26. The number of benzene rings is 2. The molecule has 31 heavy (non-hydrogen) atoms. The topological polar surface area (TPSA) is 95.9 Å². The highest BCUT2D eigenvalue weighted by Gasteiger charge is 2.39. The van der Waals surface area contributed by atoms with Gasteiger partial charge in [-0.2, -0.15) is 8.42 Å². The average Bonchev–Trinajstić information content (AvgIpc) is 2.98. The van der Waals surface area contributed by atoms with E-state index >= 15 is 0 Å². The van der Waals surface area contributed by atoms with E-state index in [-0.39, 0.29) is 28.9 Å². The highest BCUT2D eigenvalue weighted by molar-refractivity contribution is 8.16. The van der Waals surface area contributed by atoms with E-state index < -0.39 is 21.2 Å². The number of nitrogens with one attached hydrogen (secondary N) is 1. The molecule has 0 bridgehead atoms. The lowest BCUT2D eigenvalue weighted by Crippen LogP contribution is -2.34. The number of para-hydroxylation sites is 1. The lowest BCUT2D eigenvalue weighted by atomic mass is 10.2. The number of hydrogen-bond acceptors (Lipinski definition) is 5. The van der Waals surface area contributed by atoms with Gasteiger partial charge in [0.1, 0.15) is 5.25 Å². The molecule has 10 heteroatoms. The van der Waals surface area contributed by atoms with E-state index in [2.05, 4.69) is 16.3 Å². The predicted octanol–water partition coefficient (Wildman–Crippen LogP) is 3.85. The summed E-state index contributed by atoms with van der Waals surface area (Å²) in [5.41, 5.74) is 1.55. The number of carbonyl (C=O) groups is 2. The van der Waals surface area contributed by atoms with Gasteiger partial charge in [0.2, 0.25) is 11.8 Å². The van der Waals surface area contributed by atoms with E-state index in [0.29, 0.717) is 10.7 Å². The molecule has 0 radical (unpaired) electrons. The van der Waals surface area contributed by atoms with E-state index in [1.165, 1.54) is 35.2 Å². The Morgan fingerprint density at radius 3 is 2.58 bits per heavy atom. The summed E-state index contributed by atoms with van der Waals surface area (Å²) < 4.78 is 29.2. The maximum atomic E-state index is 12.8. The lowest BCUT2D eigenvalue weighted by molar-refractivity contribution is -0.127. The van der Waals surface area contributed by atoms with Crippen LogP contribution in [-0.2, 0) is 19.6 Å². The molecule has 0 saturated carbocycles. The van der Waals surface area contributed by atoms with Crippen LogP contribution in [0, 0.1) is 6.92 Å². The first-order chi connectivity index (χ1) is 14.7.